The number of benzene rings is 2. The number of aromatic nitrogens is 1. The predicted octanol–water partition coefficient (Wildman–Crippen LogP) is 4.38. The first-order chi connectivity index (χ1) is 11.6. The zero-order chi connectivity index (χ0) is 16.7. The van der Waals surface area contributed by atoms with E-state index in [1.165, 1.54) is 5.56 Å². The van der Waals surface area contributed by atoms with E-state index < -0.39 is 0 Å². The van der Waals surface area contributed by atoms with Crippen molar-refractivity contribution >= 4 is 11.4 Å². The van der Waals surface area contributed by atoms with Gasteiger partial charge in [-0.15, -0.1) is 5.53 Å². The lowest BCUT2D eigenvalue weighted by Gasteiger charge is -2.21. The molecule has 2 heterocycles. The molecule has 24 heavy (non-hydrogen) atoms. The minimum atomic E-state index is 0.360. The van der Waals surface area contributed by atoms with Crippen LogP contribution in [-0.2, 0) is 0 Å². The molecule has 0 amide bonds. The second-order valence-corrected chi connectivity index (χ2v) is 6.29. The van der Waals surface area contributed by atoms with Gasteiger partial charge >= 0.3 is 0 Å². The van der Waals surface area contributed by atoms with E-state index in [9.17, 15) is 0 Å². The molecule has 3 aromatic rings. The summed E-state index contributed by atoms with van der Waals surface area (Å²) in [6.45, 7) is 6.36. The van der Waals surface area contributed by atoms with E-state index in [1.807, 2.05) is 18.2 Å². The van der Waals surface area contributed by atoms with Crippen LogP contribution in [0.25, 0.3) is 22.7 Å². The normalized spacial score (nSPS) is 13.2. The van der Waals surface area contributed by atoms with E-state index in [-0.39, 0.29) is 0 Å². The zero-order valence-corrected chi connectivity index (χ0v) is 14.0. The summed E-state index contributed by atoms with van der Waals surface area (Å²) >= 11 is 0. The Bertz CT molecular complexity index is 885. The molecule has 0 radical (unpaired) electrons. The predicted molar refractivity (Wildman–Crippen MR) is 96.5 cm³/mol. The molecule has 0 bridgehead atoms. The number of hydrogen-bond donors (Lipinski definition) is 2. The summed E-state index contributed by atoms with van der Waals surface area (Å²) in [5.41, 5.74) is 12.6. The Morgan fingerprint density at radius 2 is 1.96 bits per heavy atom. The summed E-state index contributed by atoms with van der Waals surface area (Å²) in [6.07, 6.45) is 1.72. The third kappa shape index (κ3) is 2.43. The molecule has 0 saturated carbocycles. The first-order valence-electron chi connectivity index (χ1n) is 8.10. The van der Waals surface area contributed by atoms with Crippen LogP contribution in [0.5, 0.6) is 0 Å². The molecule has 0 spiro atoms. The average molecular weight is 320 g/mol. The summed E-state index contributed by atoms with van der Waals surface area (Å²) < 4.78 is 5.72. The lowest BCUT2D eigenvalue weighted by Crippen LogP contribution is -2.41. The Labute approximate surface area is 141 Å². The van der Waals surface area contributed by atoms with Crippen molar-refractivity contribution in [3.8, 4) is 22.7 Å². The van der Waals surface area contributed by atoms with Gasteiger partial charge in [-0.05, 0) is 44.5 Å². The Morgan fingerprint density at radius 1 is 1.12 bits per heavy atom. The van der Waals surface area contributed by atoms with Crippen LogP contribution in [0.4, 0.5) is 11.4 Å². The number of anilines is 2. The van der Waals surface area contributed by atoms with Crippen molar-refractivity contribution in [3.63, 3.8) is 0 Å². The minimum Gasteiger partial charge on any atom is -0.444 e. The molecule has 0 aliphatic carbocycles. The van der Waals surface area contributed by atoms with Gasteiger partial charge in [-0.3, -0.25) is 5.01 Å². The SMILES string of the molecule is Cc1ccccc1-c1coc(-c2ccc3c(c2)NNN3C(C)C)n1. The van der Waals surface area contributed by atoms with Gasteiger partial charge in [0, 0.05) is 17.2 Å². The standard InChI is InChI=1S/C19H20N4O/c1-12(2)23-18-9-8-14(10-16(18)21-22-23)19-20-17(11-24-19)15-7-5-4-6-13(15)3/h4-12,21-22H,1-3H3. The highest BCUT2D eigenvalue weighted by Gasteiger charge is 2.22. The molecule has 0 saturated heterocycles. The van der Waals surface area contributed by atoms with Crippen molar-refractivity contribution in [3.05, 3.63) is 54.3 Å². The van der Waals surface area contributed by atoms with Crippen LogP contribution in [-0.4, -0.2) is 11.0 Å². The van der Waals surface area contributed by atoms with Crippen molar-refractivity contribution in [1.29, 1.82) is 0 Å². The summed E-state index contributed by atoms with van der Waals surface area (Å²) in [5.74, 6) is 0.626. The maximum absolute atomic E-state index is 5.72. The van der Waals surface area contributed by atoms with Crippen molar-refractivity contribution in [2.24, 2.45) is 0 Å². The number of hydrazine groups is 2. The monoisotopic (exact) mass is 320 g/mol. The fourth-order valence-corrected chi connectivity index (χ4v) is 2.96. The molecule has 2 N–H and O–H groups in total. The van der Waals surface area contributed by atoms with Gasteiger partial charge in [0.2, 0.25) is 5.89 Å². The van der Waals surface area contributed by atoms with E-state index in [4.69, 9.17) is 4.42 Å². The summed E-state index contributed by atoms with van der Waals surface area (Å²) in [7, 11) is 0. The van der Waals surface area contributed by atoms with Crippen LogP contribution in [0.2, 0.25) is 0 Å². The molecular formula is C19H20N4O. The second kappa shape index (κ2) is 5.69. The highest BCUT2D eigenvalue weighted by Crippen LogP contribution is 2.35. The minimum absolute atomic E-state index is 0.360. The fourth-order valence-electron chi connectivity index (χ4n) is 2.96. The number of hydrogen-bond acceptors (Lipinski definition) is 5. The number of nitrogens with one attached hydrogen (secondary N) is 2. The van der Waals surface area contributed by atoms with Crippen LogP contribution >= 0.6 is 0 Å². The van der Waals surface area contributed by atoms with Crippen molar-refractivity contribution in [2.75, 3.05) is 10.4 Å². The van der Waals surface area contributed by atoms with Gasteiger partial charge in [-0.1, -0.05) is 24.3 Å². The molecule has 0 unspecified atom stereocenters. The second-order valence-electron chi connectivity index (χ2n) is 6.29. The first-order valence-corrected chi connectivity index (χ1v) is 8.10. The van der Waals surface area contributed by atoms with Crippen molar-refractivity contribution < 1.29 is 4.42 Å². The van der Waals surface area contributed by atoms with Crippen LogP contribution in [0.15, 0.2) is 53.1 Å². The highest BCUT2D eigenvalue weighted by atomic mass is 16.3. The molecule has 4 rings (SSSR count). The van der Waals surface area contributed by atoms with Crippen LogP contribution in [0, 0.1) is 6.92 Å². The fraction of sp³-hybridized carbons (Fsp3) is 0.211. The number of rotatable bonds is 3. The molecule has 0 atom stereocenters. The average Bonchev–Trinajstić information content (AvgIpc) is 3.21. The van der Waals surface area contributed by atoms with Gasteiger partial charge in [0.25, 0.3) is 0 Å². The molecule has 1 aliphatic rings. The third-order valence-electron chi connectivity index (χ3n) is 4.26. The number of aryl methyl sites for hydroxylation is 1. The molecule has 5 nitrogen and oxygen atoms in total. The lowest BCUT2D eigenvalue weighted by molar-refractivity contribution is 0.575. The van der Waals surface area contributed by atoms with Gasteiger partial charge in [0.1, 0.15) is 12.0 Å². The molecular weight excluding hydrogens is 300 g/mol. The smallest absolute Gasteiger partial charge is 0.226 e. The Kier molecular flexibility index (Phi) is 3.50. The van der Waals surface area contributed by atoms with E-state index >= 15 is 0 Å². The molecule has 2 aromatic carbocycles. The zero-order valence-electron chi connectivity index (χ0n) is 14.0. The largest absolute Gasteiger partial charge is 0.444 e. The molecule has 1 aromatic heterocycles. The van der Waals surface area contributed by atoms with Crippen LogP contribution in [0.3, 0.4) is 0 Å². The van der Waals surface area contributed by atoms with E-state index in [2.05, 4.69) is 66.0 Å². The number of fused-ring (bicyclic) bond motifs is 1. The van der Waals surface area contributed by atoms with Gasteiger partial charge in [0.05, 0.1) is 11.4 Å². The van der Waals surface area contributed by atoms with E-state index in [0.29, 0.717) is 11.9 Å². The lowest BCUT2D eigenvalue weighted by atomic mass is 10.1. The van der Waals surface area contributed by atoms with Crippen LogP contribution < -0.4 is 16.0 Å². The maximum atomic E-state index is 5.72. The third-order valence-corrected chi connectivity index (χ3v) is 4.26. The van der Waals surface area contributed by atoms with Gasteiger partial charge in [0.15, 0.2) is 0 Å². The molecule has 5 heteroatoms. The highest BCUT2D eigenvalue weighted by molar-refractivity contribution is 5.78. The Morgan fingerprint density at radius 3 is 2.75 bits per heavy atom. The van der Waals surface area contributed by atoms with E-state index in [1.54, 1.807) is 6.26 Å². The maximum Gasteiger partial charge on any atom is 0.226 e. The van der Waals surface area contributed by atoms with Crippen molar-refractivity contribution in [2.45, 2.75) is 26.8 Å². The van der Waals surface area contributed by atoms with Gasteiger partial charge < -0.3 is 9.84 Å². The summed E-state index contributed by atoms with van der Waals surface area (Å²) in [4.78, 5) is 4.66. The Hall–Kier alpha value is -2.79. The summed E-state index contributed by atoms with van der Waals surface area (Å²) in [5, 5.41) is 2.09. The van der Waals surface area contributed by atoms with Crippen molar-refractivity contribution in [1.82, 2.24) is 10.5 Å². The number of nitrogens with zero attached hydrogens (tertiary/aromatic N) is 2. The van der Waals surface area contributed by atoms with E-state index in [0.717, 1.165) is 28.2 Å². The quantitative estimate of drug-likeness (QED) is 0.750. The van der Waals surface area contributed by atoms with Gasteiger partial charge in [-0.25, -0.2) is 4.98 Å². The van der Waals surface area contributed by atoms with Gasteiger partial charge in [-0.2, -0.15) is 0 Å². The molecule has 0 fully saturated rings. The summed E-state index contributed by atoms with van der Waals surface area (Å²) in [6, 6.07) is 14.7. The molecule has 1 aliphatic heterocycles. The molecule has 122 valence electrons. The first kappa shape index (κ1) is 14.8. The number of oxazole rings is 1. The topological polar surface area (TPSA) is 53.3 Å². The Balaban J connectivity index is 1.68. The van der Waals surface area contributed by atoms with Crippen LogP contribution in [0.1, 0.15) is 19.4 Å².